The first-order valence-corrected chi connectivity index (χ1v) is 10.7. The average molecular weight is 386 g/mol. The molecule has 1 aliphatic heterocycles. The number of thiocarbonyl (C=S) groups is 1. The van der Waals surface area contributed by atoms with Crippen molar-refractivity contribution in [3.63, 3.8) is 0 Å². The Morgan fingerprint density at radius 3 is 2.48 bits per heavy atom. The molecule has 0 aliphatic carbocycles. The van der Waals surface area contributed by atoms with Gasteiger partial charge in [-0.2, -0.15) is 0 Å². The summed E-state index contributed by atoms with van der Waals surface area (Å²) in [6, 6.07) is 7.53. The van der Waals surface area contributed by atoms with E-state index in [1.54, 1.807) is 0 Å². The third-order valence-corrected chi connectivity index (χ3v) is 6.20. The van der Waals surface area contributed by atoms with Gasteiger partial charge in [0.2, 0.25) is 0 Å². The molecular formula is C17H27N3O3S2. The Balaban J connectivity index is 2.06. The molecule has 0 bridgehead atoms. The highest BCUT2D eigenvalue weighted by atomic mass is 32.2. The van der Waals surface area contributed by atoms with E-state index in [9.17, 15) is 8.42 Å². The average Bonchev–Trinajstić information content (AvgIpc) is 2.89. The molecule has 1 fully saturated rings. The smallest absolute Gasteiger partial charge is 0.173 e. The predicted molar refractivity (Wildman–Crippen MR) is 106 cm³/mol. The number of rotatable bonds is 7. The second-order valence-corrected chi connectivity index (χ2v) is 9.06. The van der Waals surface area contributed by atoms with Gasteiger partial charge in [-0.3, -0.25) is 0 Å². The van der Waals surface area contributed by atoms with Gasteiger partial charge in [0.25, 0.3) is 0 Å². The lowest BCUT2D eigenvalue weighted by Crippen LogP contribution is -2.46. The van der Waals surface area contributed by atoms with Crippen molar-refractivity contribution < 1.29 is 13.2 Å². The molecule has 1 N–H and O–H groups in total. The van der Waals surface area contributed by atoms with Crippen LogP contribution in [0.1, 0.15) is 13.3 Å². The Morgan fingerprint density at radius 1 is 1.28 bits per heavy atom. The first-order chi connectivity index (χ1) is 11.8. The number of hydrogen-bond acceptors (Lipinski definition) is 5. The Bertz CT molecular complexity index is 675. The summed E-state index contributed by atoms with van der Waals surface area (Å²) in [4.78, 5) is 4.08. The second-order valence-electron chi connectivity index (χ2n) is 6.44. The topological polar surface area (TPSA) is 61.9 Å². The van der Waals surface area contributed by atoms with Crippen LogP contribution in [-0.4, -0.2) is 74.7 Å². The normalized spacial score (nSPS) is 19.0. The number of anilines is 1. The molecule has 140 valence electrons. The molecular weight excluding hydrogens is 358 g/mol. The van der Waals surface area contributed by atoms with Crippen LogP contribution in [0.4, 0.5) is 5.69 Å². The molecule has 1 aliphatic rings. The molecule has 1 saturated heterocycles. The van der Waals surface area contributed by atoms with Crippen molar-refractivity contribution >= 4 is 32.9 Å². The lowest BCUT2D eigenvalue weighted by Gasteiger charge is -2.32. The van der Waals surface area contributed by atoms with Crippen molar-refractivity contribution in [1.82, 2.24) is 9.80 Å². The molecule has 1 aromatic carbocycles. The van der Waals surface area contributed by atoms with E-state index in [-0.39, 0.29) is 17.5 Å². The van der Waals surface area contributed by atoms with Crippen molar-refractivity contribution in [2.45, 2.75) is 19.4 Å². The molecule has 6 nitrogen and oxygen atoms in total. The van der Waals surface area contributed by atoms with E-state index < -0.39 is 9.84 Å². The first kappa shape index (κ1) is 19.9. The zero-order valence-electron chi connectivity index (χ0n) is 15.1. The predicted octanol–water partition coefficient (Wildman–Crippen LogP) is 1.83. The third-order valence-electron chi connectivity index (χ3n) is 4.11. The van der Waals surface area contributed by atoms with Crippen LogP contribution in [0.15, 0.2) is 24.3 Å². The van der Waals surface area contributed by atoms with Crippen LogP contribution in [0.5, 0.6) is 5.75 Å². The van der Waals surface area contributed by atoms with Crippen LogP contribution in [-0.2, 0) is 9.84 Å². The number of ether oxygens (including phenoxy) is 1. The Kier molecular flexibility index (Phi) is 7.04. The first-order valence-electron chi connectivity index (χ1n) is 8.46. The van der Waals surface area contributed by atoms with E-state index in [2.05, 4.69) is 10.2 Å². The molecule has 1 heterocycles. The van der Waals surface area contributed by atoms with E-state index in [4.69, 9.17) is 17.0 Å². The number of hydrogen-bond donors (Lipinski definition) is 1. The fourth-order valence-electron chi connectivity index (χ4n) is 2.78. The molecule has 1 atom stereocenters. The van der Waals surface area contributed by atoms with E-state index in [1.165, 1.54) is 0 Å². The van der Waals surface area contributed by atoms with E-state index in [0.29, 0.717) is 24.7 Å². The van der Waals surface area contributed by atoms with Crippen molar-refractivity contribution in [3.05, 3.63) is 24.3 Å². The van der Waals surface area contributed by atoms with E-state index >= 15 is 0 Å². The summed E-state index contributed by atoms with van der Waals surface area (Å²) in [5.74, 6) is 1.22. The summed E-state index contributed by atoms with van der Waals surface area (Å²) >= 11 is 5.58. The molecule has 0 saturated carbocycles. The molecule has 0 aromatic heterocycles. The van der Waals surface area contributed by atoms with E-state index in [0.717, 1.165) is 18.0 Å². The molecule has 0 radical (unpaired) electrons. The summed E-state index contributed by atoms with van der Waals surface area (Å²) in [5, 5.41) is 3.79. The van der Waals surface area contributed by atoms with Crippen LogP contribution in [0, 0.1) is 0 Å². The standard InChI is InChI=1S/C17H27N3O3S2/c1-4-23-16-7-5-14(6-8-16)18-17(24)20(11-10-19(2)3)15-9-12-25(21,22)13-15/h5-8,15H,4,9-13H2,1-3H3,(H,18,24)/t15-/m0/s1. The zero-order valence-corrected chi connectivity index (χ0v) is 16.7. The number of nitrogens with zero attached hydrogens (tertiary/aromatic N) is 2. The number of nitrogens with one attached hydrogen (secondary N) is 1. The van der Waals surface area contributed by atoms with Crippen LogP contribution >= 0.6 is 12.2 Å². The van der Waals surface area contributed by atoms with Gasteiger partial charge < -0.3 is 19.9 Å². The minimum absolute atomic E-state index is 0.0624. The highest BCUT2D eigenvalue weighted by Gasteiger charge is 2.33. The van der Waals surface area contributed by atoms with Crippen LogP contribution in [0.25, 0.3) is 0 Å². The van der Waals surface area contributed by atoms with Gasteiger partial charge in [-0.1, -0.05) is 0 Å². The van der Waals surface area contributed by atoms with Gasteiger partial charge in [0.05, 0.1) is 18.1 Å². The summed E-state index contributed by atoms with van der Waals surface area (Å²) in [7, 11) is 1.03. The van der Waals surface area contributed by atoms with Crippen molar-refractivity contribution in [2.75, 3.05) is 50.6 Å². The Labute approximate surface area is 156 Å². The second kappa shape index (κ2) is 8.82. The summed E-state index contributed by atoms with van der Waals surface area (Å²) in [6.45, 7) is 4.07. The van der Waals surface area contributed by atoms with Gasteiger partial charge in [-0.05, 0) is 63.9 Å². The maximum absolute atomic E-state index is 11.8. The quantitative estimate of drug-likeness (QED) is 0.719. The summed E-state index contributed by atoms with van der Waals surface area (Å²) in [6.07, 6.45) is 0.626. The van der Waals surface area contributed by atoms with Gasteiger partial charge in [-0.25, -0.2) is 8.42 Å². The molecule has 25 heavy (non-hydrogen) atoms. The molecule has 0 spiro atoms. The lowest BCUT2D eigenvalue weighted by molar-refractivity contribution is 0.289. The Hall–Kier alpha value is -1.38. The fourth-order valence-corrected chi connectivity index (χ4v) is 4.86. The molecule has 8 heteroatoms. The highest BCUT2D eigenvalue weighted by Crippen LogP contribution is 2.20. The van der Waals surface area contributed by atoms with Crippen LogP contribution < -0.4 is 10.1 Å². The van der Waals surface area contributed by atoms with Crippen LogP contribution in [0.3, 0.4) is 0 Å². The maximum atomic E-state index is 11.8. The molecule has 0 amide bonds. The summed E-state index contributed by atoms with van der Waals surface area (Å²) in [5.41, 5.74) is 0.865. The third kappa shape index (κ3) is 6.13. The fraction of sp³-hybridized carbons (Fsp3) is 0.588. The highest BCUT2D eigenvalue weighted by molar-refractivity contribution is 7.91. The lowest BCUT2D eigenvalue weighted by atomic mass is 10.2. The number of likely N-dealkylation sites (N-methyl/N-ethyl adjacent to an activating group) is 1. The molecule has 0 unspecified atom stereocenters. The van der Waals surface area contributed by atoms with E-state index in [1.807, 2.05) is 50.2 Å². The van der Waals surface area contributed by atoms with Gasteiger partial charge in [0, 0.05) is 24.8 Å². The van der Waals surface area contributed by atoms with Crippen LogP contribution in [0.2, 0.25) is 0 Å². The number of benzene rings is 1. The van der Waals surface area contributed by atoms with Crippen molar-refractivity contribution in [1.29, 1.82) is 0 Å². The SMILES string of the molecule is CCOc1ccc(NC(=S)N(CCN(C)C)[C@H]2CCS(=O)(=O)C2)cc1. The monoisotopic (exact) mass is 385 g/mol. The van der Waals surface area contributed by atoms with Gasteiger partial charge in [-0.15, -0.1) is 0 Å². The molecule has 1 aromatic rings. The largest absolute Gasteiger partial charge is 0.494 e. The minimum atomic E-state index is -2.96. The van der Waals surface area contributed by atoms with Crippen molar-refractivity contribution in [3.8, 4) is 5.75 Å². The zero-order chi connectivity index (χ0) is 18.4. The molecule has 2 rings (SSSR count). The summed E-state index contributed by atoms with van der Waals surface area (Å²) < 4.78 is 29.1. The van der Waals surface area contributed by atoms with Crippen molar-refractivity contribution in [2.24, 2.45) is 0 Å². The maximum Gasteiger partial charge on any atom is 0.173 e. The Morgan fingerprint density at radius 2 is 1.96 bits per heavy atom. The minimum Gasteiger partial charge on any atom is -0.494 e. The van der Waals surface area contributed by atoms with Gasteiger partial charge >= 0.3 is 0 Å². The van der Waals surface area contributed by atoms with Gasteiger partial charge in [0.15, 0.2) is 14.9 Å². The number of sulfone groups is 1. The van der Waals surface area contributed by atoms with Gasteiger partial charge in [0.1, 0.15) is 5.75 Å².